The maximum Gasteiger partial charge on any atom is 0.164 e. The monoisotopic (exact) mass is 854 g/mol. The Hall–Kier alpha value is -5.85. The Kier molecular flexibility index (Phi) is 14.7. The summed E-state index contributed by atoms with van der Waals surface area (Å²) in [5, 5.41) is 63.6. The number of nitrogens with one attached hydrogen (secondary N) is 2. The number of aromatic nitrogens is 1. The molecule has 0 bridgehead atoms. The summed E-state index contributed by atoms with van der Waals surface area (Å²) in [6.45, 7) is 2.02. The number of aromatic hydroxyl groups is 3. The van der Waals surface area contributed by atoms with E-state index in [4.69, 9.17) is 9.47 Å². The van der Waals surface area contributed by atoms with Gasteiger partial charge in [0.15, 0.2) is 23.0 Å². The number of phenolic OH excluding ortho intramolecular Hbond substituents is 3. The van der Waals surface area contributed by atoms with Gasteiger partial charge in [-0.05, 0) is 121 Å². The van der Waals surface area contributed by atoms with Gasteiger partial charge in [0.2, 0.25) is 0 Å². The van der Waals surface area contributed by atoms with Crippen LogP contribution in [0.2, 0.25) is 0 Å². The highest BCUT2D eigenvalue weighted by Crippen LogP contribution is 2.42. The van der Waals surface area contributed by atoms with Gasteiger partial charge in [0.1, 0.15) is 18.3 Å². The lowest BCUT2D eigenvalue weighted by Gasteiger charge is -2.31. The van der Waals surface area contributed by atoms with E-state index >= 15 is 0 Å². The van der Waals surface area contributed by atoms with E-state index in [9.17, 15) is 30.3 Å². The molecule has 0 radical (unpaired) electrons. The predicted octanol–water partition coefficient (Wildman–Crippen LogP) is 7.56. The third kappa shape index (κ3) is 10.9. The van der Waals surface area contributed by atoms with Crippen LogP contribution >= 0.6 is 0 Å². The normalized spacial score (nSPS) is 15.5. The zero-order valence-corrected chi connectivity index (χ0v) is 36.4. The number of ether oxygens (including phenoxy) is 2. The van der Waals surface area contributed by atoms with E-state index in [0.29, 0.717) is 42.7 Å². The Morgan fingerprint density at radius 1 is 0.841 bits per heavy atom. The second kappa shape index (κ2) is 20.6. The van der Waals surface area contributed by atoms with E-state index in [0.717, 1.165) is 64.3 Å². The Balaban J connectivity index is 1.22. The lowest BCUT2D eigenvalue weighted by molar-refractivity contribution is -0.123. The summed E-state index contributed by atoms with van der Waals surface area (Å²) >= 11 is 0. The average Bonchev–Trinajstić information content (AvgIpc) is 3.99. The van der Waals surface area contributed by atoms with Crippen LogP contribution in [0.25, 0.3) is 10.8 Å². The molecule has 6 aromatic rings. The fourth-order valence-electron chi connectivity index (χ4n) is 9.42. The number of nitrogens with zero attached hydrogens (tertiary/aromatic N) is 1. The van der Waals surface area contributed by atoms with Gasteiger partial charge in [-0.2, -0.15) is 12.4 Å². The second-order valence-electron chi connectivity index (χ2n) is 17.1. The number of carbonyl (C=O) groups is 1. The van der Waals surface area contributed by atoms with E-state index in [1.165, 1.54) is 6.07 Å². The number of hydrogen-bond donors (Lipinski definition) is 7. The lowest BCUT2D eigenvalue weighted by atomic mass is 9.79. The van der Waals surface area contributed by atoms with Crippen LogP contribution in [0.1, 0.15) is 83.9 Å². The molecule has 63 heavy (non-hydrogen) atoms. The van der Waals surface area contributed by atoms with Crippen molar-refractivity contribution in [2.45, 2.75) is 88.4 Å². The number of fused-ring (bicyclic) bond motifs is 1. The van der Waals surface area contributed by atoms with Crippen molar-refractivity contribution in [2.24, 2.45) is 5.92 Å². The van der Waals surface area contributed by atoms with E-state index in [2.05, 4.69) is 39.9 Å². The molecule has 1 aromatic heterocycles. The quantitative estimate of drug-likeness (QED) is 0.0281. The molecule has 7 rings (SSSR count). The molecule has 1 aliphatic carbocycles. The molecule has 1 heterocycles. The maximum absolute atomic E-state index is 15.0. The van der Waals surface area contributed by atoms with Gasteiger partial charge in [-0.15, -0.1) is 0 Å². The van der Waals surface area contributed by atoms with Crippen molar-refractivity contribution in [1.29, 1.82) is 0 Å². The van der Waals surface area contributed by atoms with E-state index in [-0.39, 0.29) is 53.9 Å². The Labute approximate surface area is 369 Å². The third-order valence-corrected chi connectivity index (χ3v) is 12.8. The molecule has 7 N–H and O–H groups in total. The summed E-state index contributed by atoms with van der Waals surface area (Å²) in [7, 11) is 3.48. The minimum Gasteiger partial charge on any atom is -0.670 e. The first-order valence-corrected chi connectivity index (χ1v) is 21.9. The predicted molar refractivity (Wildman–Crippen MR) is 245 cm³/mol. The number of rotatable bonds is 21. The lowest BCUT2D eigenvalue weighted by Crippen LogP contribution is -2.37. The molecule has 5 aromatic carbocycles. The zero-order chi connectivity index (χ0) is 44.5. The van der Waals surface area contributed by atoms with Gasteiger partial charge >= 0.3 is 0 Å². The first-order chi connectivity index (χ1) is 30.5. The highest BCUT2D eigenvalue weighted by atomic mass is 16.5. The van der Waals surface area contributed by atoms with Crippen LogP contribution in [0.3, 0.4) is 0 Å². The first-order valence-electron chi connectivity index (χ1n) is 21.9. The van der Waals surface area contributed by atoms with Gasteiger partial charge < -0.3 is 45.3 Å². The molecule has 0 unspecified atom stereocenters. The molecule has 11 heteroatoms. The summed E-state index contributed by atoms with van der Waals surface area (Å²) in [6.07, 6.45) is 7.03. The molecule has 11 nitrogen and oxygen atoms in total. The number of hydrogen-bond acceptors (Lipinski definition) is 10. The maximum atomic E-state index is 15.0. The summed E-state index contributed by atoms with van der Waals surface area (Å²) in [5.41, 5.74) is 5.61. The van der Waals surface area contributed by atoms with Crippen molar-refractivity contribution in [1.82, 2.24) is 15.6 Å². The van der Waals surface area contributed by atoms with Crippen molar-refractivity contribution < 1.29 is 39.8 Å². The van der Waals surface area contributed by atoms with Crippen LogP contribution in [0.5, 0.6) is 28.7 Å². The Bertz CT molecular complexity index is 2460. The fourth-order valence-corrected chi connectivity index (χ4v) is 9.42. The molecule has 332 valence electrons. The summed E-state index contributed by atoms with van der Waals surface area (Å²) in [5.74, 6) is -0.808. The first kappa shape index (κ1) is 45.2. The summed E-state index contributed by atoms with van der Waals surface area (Å²) in [4.78, 5) is 19.3. The Morgan fingerprint density at radius 2 is 1.62 bits per heavy atom. The standard InChI is InChI=1S/C52H60N3O8/c1-33(56)30-55-32-63-50-23-34(13-15-46(50)58)22-44(39-25-41(28-42(57)26-39)52(53-2)18-6-7-19-52)49(61)29-48(60)40(21-35-17-20-54-31-35)24-38-14-16-47(59)51(62-3)45(38)27-37-11-8-10-36-9-4-5-12-43(36)37/h4-5,8-17,20,23,25-26,28,31,33,40,44,48,53,55-60H,6-7,18-19,21-22,24,27,29-30,32H2,1-3H3/q-1/t33-,40+,44+,48+/m0/s1. The van der Waals surface area contributed by atoms with Crippen LogP contribution in [0.4, 0.5) is 0 Å². The van der Waals surface area contributed by atoms with Gasteiger partial charge in [0, 0.05) is 36.4 Å². The highest BCUT2D eigenvalue weighted by Gasteiger charge is 2.36. The highest BCUT2D eigenvalue weighted by molar-refractivity contribution is 5.87. The number of carbonyl (C=O) groups excluding carboxylic acids is 1. The molecular weight excluding hydrogens is 795 g/mol. The molecule has 1 saturated carbocycles. The van der Waals surface area contributed by atoms with Crippen LogP contribution in [-0.2, 0) is 36.0 Å². The molecule has 0 aliphatic heterocycles. The number of aliphatic hydroxyl groups excluding tert-OH is 2. The van der Waals surface area contributed by atoms with E-state index in [1.54, 1.807) is 56.8 Å². The summed E-state index contributed by atoms with van der Waals surface area (Å²) in [6, 6.07) is 30.2. The van der Waals surface area contributed by atoms with Gasteiger partial charge in [-0.1, -0.05) is 85.1 Å². The van der Waals surface area contributed by atoms with Crippen LogP contribution in [0.15, 0.2) is 109 Å². The number of ketones is 1. The molecule has 0 spiro atoms. The van der Waals surface area contributed by atoms with Gasteiger partial charge in [-0.25, -0.2) is 0 Å². The number of methoxy groups -OCH3 is 1. The van der Waals surface area contributed by atoms with Gasteiger partial charge in [0.25, 0.3) is 0 Å². The van der Waals surface area contributed by atoms with E-state index in [1.807, 2.05) is 43.4 Å². The van der Waals surface area contributed by atoms with E-state index < -0.39 is 24.0 Å². The molecule has 0 saturated heterocycles. The smallest absolute Gasteiger partial charge is 0.164 e. The topological polar surface area (TPSA) is 175 Å². The third-order valence-electron chi connectivity index (χ3n) is 12.8. The van der Waals surface area contributed by atoms with Crippen molar-refractivity contribution in [3.63, 3.8) is 0 Å². The minimum atomic E-state index is -1.09. The largest absolute Gasteiger partial charge is 0.670 e. The van der Waals surface area contributed by atoms with Gasteiger partial charge in [-0.3, -0.25) is 10.1 Å². The molecule has 1 aliphatic rings. The van der Waals surface area contributed by atoms with Crippen LogP contribution in [-0.4, -0.2) is 71.0 Å². The van der Waals surface area contributed by atoms with Gasteiger partial charge in [0.05, 0.1) is 19.3 Å². The van der Waals surface area contributed by atoms with Crippen molar-refractivity contribution >= 4 is 16.6 Å². The Morgan fingerprint density at radius 3 is 2.37 bits per heavy atom. The molecule has 4 atom stereocenters. The van der Waals surface area contributed by atoms with Crippen molar-refractivity contribution in [3.8, 4) is 28.7 Å². The van der Waals surface area contributed by atoms with Crippen molar-refractivity contribution in [3.05, 3.63) is 148 Å². The number of Topliss-reactive ketones (excluding diaryl/α,β-unsaturated/α-hetero) is 1. The van der Waals surface area contributed by atoms with Crippen LogP contribution in [0, 0.1) is 5.92 Å². The number of phenols is 3. The average molecular weight is 855 g/mol. The molecule has 0 amide bonds. The fraction of sp³-hybridized carbons (Fsp3) is 0.365. The van der Waals surface area contributed by atoms with Crippen LogP contribution < -0.4 is 25.1 Å². The zero-order valence-electron chi connectivity index (χ0n) is 36.4. The number of aliphatic hydroxyl groups is 2. The van der Waals surface area contributed by atoms with Crippen molar-refractivity contribution in [2.75, 3.05) is 27.4 Å². The minimum absolute atomic E-state index is 0.0220. The molecular formula is C52H60N3O8-. The molecule has 1 fully saturated rings. The number of benzene rings is 5. The second-order valence-corrected chi connectivity index (χ2v) is 17.1. The summed E-state index contributed by atoms with van der Waals surface area (Å²) < 4.78 is 11.7. The SMILES string of the molecule is CNC1(c2cc(O)cc([C@@H](Cc3ccc(O)c(OCNC[C@H](C)O)c3)C(=O)C[C@@H](O)[C@H](Cc3cc[n-]c3)Cc3ccc(O)c(OC)c3Cc3cccc4ccccc34)c2)CCCC1.